The van der Waals surface area contributed by atoms with E-state index < -0.39 is 17.2 Å². The predicted molar refractivity (Wildman–Crippen MR) is 86.0 cm³/mol. The molecular formula is C17H25F2N3O. The number of benzene rings is 1. The van der Waals surface area contributed by atoms with Crippen LogP contribution in [0, 0.1) is 11.6 Å². The number of hydrogen-bond acceptors (Lipinski definition) is 3. The SMILES string of the molecule is CNCC1(NC=O)CCC(c2cc(F)cc(F)c2)(N(C)C)CC1. The summed E-state index contributed by atoms with van der Waals surface area (Å²) in [4.78, 5) is 13.0. The van der Waals surface area contributed by atoms with Crippen LogP contribution in [0.15, 0.2) is 18.2 Å². The van der Waals surface area contributed by atoms with Gasteiger partial charge in [0.25, 0.3) is 0 Å². The summed E-state index contributed by atoms with van der Waals surface area (Å²) in [6.45, 7) is 0.673. The van der Waals surface area contributed by atoms with Crippen molar-refractivity contribution in [3.63, 3.8) is 0 Å². The van der Waals surface area contributed by atoms with Crippen LogP contribution in [0.25, 0.3) is 0 Å². The molecule has 1 saturated carbocycles. The second-order valence-electron chi connectivity index (χ2n) is 6.66. The number of nitrogens with zero attached hydrogens (tertiary/aromatic N) is 1. The zero-order valence-corrected chi connectivity index (χ0v) is 14.0. The summed E-state index contributed by atoms with van der Waals surface area (Å²) < 4.78 is 27.4. The molecule has 4 nitrogen and oxygen atoms in total. The van der Waals surface area contributed by atoms with Gasteiger partial charge in [-0.1, -0.05) is 0 Å². The van der Waals surface area contributed by atoms with Crippen molar-refractivity contribution < 1.29 is 13.6 Å². The molecule has 0 radical (unpaired) electrons. The van der Waals surface area contributed by atoms with Gasteiger partial charge in [-0.05, 0) is 64.5 Å². The molecular weight excluding hydrogens is 300 g/mol. The molecule has 0 aromatic heterocycles. The van der Waals surface area contributed by atoms with Gasteiger partial charge in [0.2, 0.25) is 6.41 Å². The number of likely N-dealkylation sites (N-methyl/N-ethyl adjacent to an activating group) is 1. The predicted octanol–water partition coefficient (Wildman–Crippen LogP) is 2.00. The molecule has 0 heterocycles. The molecule has 1 amide bonds. The Balaban J connectivity index is 2.33. The van der Waals surface area contributed by atoms with Gasteiger partial charge in [-0.2, -0.15) is 0 Å². The van der Waals surface area contributed by atoms with E-state index in [4.69, 9.17) is 0 Å². The molecule has 0 bridgehead atoms. The van der Waals surface area contributed by atoms with Gasteiger partial charge in [-0.25, -0.2) is 8.78 Å². The van der Waals surface area contributed by atoms with Crippen molar-refractivity contribution in [1.29, 1.82) is 0 Å². The highest BCUT2D eigenvalue weighted by Gasteiger charge is 2.45. The molecule has 1 fully saturated rings. The number of nitrogens with one attached hydrogen (secondary N) is 2. The first kappa shape index (κ1) is 17.8. The molecule has 23 heavy (non-hydrogen) atoms. The Hall–Kier alpha value is -1.53. The topological polar surface area (TPSA) is 44.4 Å². The van der Waals surface area contributed by atoms with Crippen LogP contribution < -0.4 is 10.6 Å². The molecule has 1 aliphatic carbocycles. The second-order valence-corrected chi connectivity index (χ2v) is 6.66. The molecule has 128 valence electrons. The molecule has 6 heteroatoms. The minimum atomic E-state index is -0.556. The number of carbonyl (C=O) groups is 1. The summed E-state index contributed by atoms with van der Waals surface area (Å²) in [5.74, 6) is -1.11. The first-order chi connectivity index (χ1) is 10.9. The van der Waals surface area contributed by atoms with Gasteiger partial charge in [0.1, 0.15) is 11.6 Å². The molecule has 0 aliphatic heterocycles. The quantitative estimate of drug-likeness (QED) is 0.787. The van der Waals surface area contributed by atoms with Crippen LogP contribution in [-0.4, -0.2) is 44.5 Å². The maximum absolute atomic E-state index is 13.7. The van der Waals surface area contributed by atoms with Crippen LogP contribution >= 0.6 is 0 Å². The first-order valence-electron chi connectivity index (χ1n) is 7.87. The number of hydrogen-bond donors (Lipinski definition) is 2. The molecule has 0 saturated heterocycles. The van der Waals surface area contributed by atoms with Crippen molar-refractivity contribution in [3.8, 4) is 0 Å². The lowest BCUT2D eigenvalue weighted by atomic mass is 9.68. The van der Waals surface area contributed by atoms with Gasteiger partial charge in [0, 0.05) is 18.2 Å². The van der Waals surface area contributed by atoms with Crippen molar-refractivity contribution in [2.75, 3.05) is 27.7 Å². The lowest BCUT2D eigenvalue weighted by Crippen LogP contribution is -2.58. The number of carbonyl (C=O) groups excluding carboxylic acids is 1. The Kier molecular flexibility index (Phi) is 5.37. The highest BCUT2D eigenvalue weighted by Crippen LogP contribution is 2.44. The van der Waals surface area contributed by atoms with E-state index in [1.165, 1.54) is 12.1 Å². The van der Waals surface area contributed by atoms with E-state index in [9.17, 15) is 13.6 Å². The normalized spacial score (nSPS) is 27.9. The van der Waals surface area contributed by atoms with Gasteiger partial charge < -0.3 is 10.6 Å². The van der Waals surface area contributed by atoms with Crippen LogP contribution in [0.1, 0.15) is 31.2 Å². The molecule has 1 aromatic rings. The van der Waals surface area contributed by atoms with Crippen molar-refractivity contribution >= 4 is 6.41 Å². The second kappa shape index (κ2) is 6.93. The zero-order valence-electron chi connectivity index (χ0n) is 14.0. The lowest BCUT2D eigenvalue weighted by molar-refractivity contribution is -0.112. The first-order valence-corrected chi connectivity index (χ1v) is 7.87. The van der Waals surface area contributed by atoms with Crippen LogP contribution in [-0.2, 0) is 10.3 Å². The summed E-state index contributed by atoms with van der Waals surface area (Å²) in [5.41, 5.74) is -0.0729. The van der Waals surface area contributed by atoms with E-state index in [1.807, 2.05) is 26.0 Å². The Morgan fingerprint density at radius 3 is 2.13 bits per heavy atom. The van der Waals surface area contributed by atoms with E-state index in [2.05, 4.69) is 10.6 Å². The molecule has 0 unspecified atom stereocenters. The van der Waals surface area contributed by atoms with Crippen LogP contribution in [0.3, 0.4) is 0 Å². The molecule has 1 aromatic carbocycles. The van der Waals surface area contributed by atoms with Crippen molar-refractivity contribution in [1.82, 2.24) is 15.5 Å². The molecule has 2 rings (SSSR count). The average Bonchev–Trinajstić information content (AvgIpc) is 2.47. The standard InChI is InChI=1S/C17H25F2N3O/c1-20-11-16(21-12-23)4-6-17(7-5-16,22(2)3)13-8-14(18)10-15(19)9-13/h8-10,12,20H,4-7,11H2,1-3H3,(H,21,23). The molecule has 0 atom stereocenters. The van der Waals surface area contributed by atoms with Crippen LogP contribution in [0.2, 0.25) is 0 Å². The maximum atomic E-state index is 13.7. The Morgan fingerprint density at radius 1 is 1.13 bits per heavy atom. The monoisotopic (exact) mass is 325 g/mol. The maximum Gasteiger partial charge on any atom is 0.207 e. The summed E-state index contributed by atoms with van der Waals surface area (Å²) in [7, 11) is 5.71. The van der Waals surface area contributed by atoms with Crippen molar-refractivity contribution in [2.45, 2.75) is 36.8 Å². The number of amides is 1. The van der Waals surface area contributed by atoms with Crippen molar-refractivity contribution in [3.05, 3.63) is 35.4 Å². The summed E-state index contributed by atoms with van der Waals surface area (Å²) in [6, 6.07) is 3.73. The lowest BCUT2D eigenvalue weighted by Gasteiger charge is -2.50. The number of halogens is 2. The number of rotatable bonds is 6. The smallest absolute Gasteiger partial charge is 0.207 e. The summed E-state index contributed by atoms with van der Waals surface area (Å²) >= 11 is 0. The van der Waals surface area contributed by atoms with E-state index in [0.717, 1.165) is 25.3 Å². The Morgan fingerprint density at radius 2 is 1.70 bits per heavy atom. The van der Waals surface area contributed by atoms with Gasteiger partial charge in [-0.15, -0.1) is 0 Å². The van der Waals surface area contributed by atoms with E-state index >= 15 is 0 Å². The third kappa shape index (κ3) is 3.53. The fourth-order valence-electron chi connectivity index (χ4n) is 3.79. The van der Waals surface area contributed by atoms with Crippen LogP contribution in [0.4, 0.5) is 8.78 Å². The average molecular weight is 325 g/mol. The fraction of sp³-hybridized carbons (Fsp3) is 0.588. The highest BCUT2D eigenvalue weighted by molar-refractivity contribution is 5.48. The third-order valence-corrected chi connectivity index (χ3v) is 5.17. The van der Waals surface area contributed by atoms with E-state index in [-0.39, 0.29) is 5.54 Å². The fourth-order valence-corrected chi connectivity index (χ4v) is 3.79. The molecule has 1 aliphatic rings. The van der Waals surface area contributed by atoms with E-state index in [1.54, 1.807) is 0 Å². The van der Waals surface area contributed by atoms with Gasteiger partial charge in [0.15, 0.2) is 0 Å². The highest BCUT2D eigenvalue weighted by atomic mass is 19.1. The Bertz CT molecular complexity index is 535. The third-order valence-electron chi connectivity index (χ3n) is 5.17. The minimum Gasteiger partial charge on any atom is -0.352 e. The Labute approximate surface area is 136 Å². The largest absolute Gasteiger partial charge is 0.352 e. The molecule has 2 N–H and O–H groups in total. The summed E-state index contributed by atoms with van der Waals surface area (Å²) in [5, 5.41) is 6.06. The van der Waals surface area contributed by atoms with Crippen molar-refractivity contribution in [2.24, 2.45) is 0 Å². The van der Waals surface area contributed by atoms with Gasteiger partial charge >= 0.3 is 0 Å². The summed E-state index contributed by atoms with van der Waals surface area (Å²) in [6.07, 6.45) is 3.64. The zero-order chi connectivity index (χ0) is 17.1. The van der Waals surface area contributed by atoms with Gasteiger partial charge in [0.05, 0.1) is 5.54 Å². The van der Waals surface area contributed by atoms with Gasteiger partial charge in [-0.3, -0.25) is 9.69 Å². The van der Waals surface area contributed by atoms with Crippen LogP contribution in [0.5, 0.6) is 0 Å². The van der Waals surface area contributed by atoms with E-state index in [0.29, 0.717) is 24.9 Å². The minimum absolute atomic E-state index is 0.304. The molecule has 0 spiro atoms.